The Labute approximate surface area is 126 Å². The Kier molecular flexibility index (Phi) is 4.45. The lowest BCUT2D eigenvalue weighted by Gasteiger charge is -2.25. The van der Waals surface area contributed by atoms with Crippen LogP contribution in [0.1, 0.15) is 32.5 Å². The Balaban J connectivity index is 2.45. The summed E-state index contributed by atoms with van der Waals surface area (Å²) >= 11 is 3.46. The summed E-state index contributed by atoms with van der Waals surface area (Å²) in [4.78, 5) is 4.48. The summed E-state index contributed by atoms with van der Waals surface area (Å²) in [5, 5.41) is 4.08. The number of hydrogen-bond acceptors (Lipinski definition) is 5. The molecule has 0 fully saturated rings. The van der Waals surface area contributed by atoms with Crippen LogP contribution in [0.4, 0.5) is 5.69 Å². The van der Waals surface area contributed by atoms with Gasteiger partial charge in [0.2, 0.25) is 5.82 Å². The van der Waals surface area contributed by atoms with Gasteiger partial charge < -0.3 is 15.0 Å². The van der Waals surface area contributed by atoms with Crippen LogP contribution in [-0.2, 0) is 10.3 Å². The summed E-state index contributed by atoms with van der Waals surface area (Å²) < 4.78 is 11.8. The van der Waals surface area contributed by atoms with E-state index >= 15 is 0 Å². The second kappa shape index (κ2) is 5.93. The van der Waals surface area contributed by atoms with Crippen LogP contribution in [0.3, 0.4) is 0 Å². The van der Waals surface area contributed by atoms with E-state index in [4.69, 9.17) is 15.0 Å². The molecule has 0 aliphatic rings. The molecule has 0 saturated carbocycles. The van der Waals surface area contributed by atoms with Crippen LogP contribution in [0.5, 0.6) is 0 Å². The van der Waals surface area contributed by atoms with Gasteiger partial charge in [0, 0.05) is 17.3 Å². The topological polar surface area (TPSA) is 74.2 Å². The van der Waals surface area contributed by atoms with Gasteiger partial charge in [-0.3, -0.25) is 0 Å². The molecular formula is C14H18BrN3O2. The van der Waals surface area contributed by atoms with E-state index in [1.165, 1.54) is 0 Å². The fourth-order valence-corrected chi connectivity index (χ4v) is 2.59. The Hall–Kier alpha value is -1.40. The lowest BCUT2D eigenvalue weighted by molar-refractivity contribution is -0.0306. The highest BCUT2D eigenvalue weighted by Gasteiger charge is 2.34. The van der Waals surface area contributed by atoms with Crippen molar-refractivity contribution in [3.8, 4) is 11.5 Å². The van der Waals surface area contributed by atoms with Crippen molar-refractivity contribution < 1.29 is 9.26 Å². The van der Waals surface area contributed by atoms with Crippen LogP contribution in [0, 0.1) is 0 Å². The number of nitrogen functional groups attached to an aromatic ring is 1. The number of halogens is 1. The smallest absolute Gasteiger partial charge is 0.259 e. The fraction of sp³-hybridized carbons (Fsp3) is 0.429. The van der Waals surface area contributed by atoms with Crippen molar-refractivity contribution in [2.75, 3.05) is 12.8 Å². The molecule has 0 unspecified atom stereocenters. The van der Waals surface area contributed by atoms with E-state index in [1.54, 1.807) is 13.2 Å². The lowest BCUT2D eigenvalue weighted by atomic mass is 9.96. The number of nitrogens with two attached hydrogens (primary N) is 1. The minimum atomic E-state index is -0.505. The van der Waals surface area contributed by atoms with Crippen LogP contribution >= 0.6 is 15.9 Å². The standard InChI is InChI=1S/C14H18BrN3O2/c1-4-14(5-2,19-3)13-17-12(20-18-13)10-8-9(16)6-7-11(10)15/h6-8H,4-5,16H2,1-3H3. The Morgan fingerprint density at radius 1 is 1.35 bits per heavy atom. The maximum Gasteiger partial charge on any atom is 0.259 e. The zero-order valence-electron chi connectivity index (χ0n) is 11.8. The van der Waals surface area contributed by atoms with Gasteiger partial charge in [-0.2, -0.15) is 4.98 Å². The first-order valence-electron chi connectivity index (χ1n) is 6.51. The van der Waals surface area contributed by atoms with Crippen LogP contribution in [0.2, 0.25) is 0 Å². The number of nitrogens with zero attached hydrogens (tertiary/aromatic N) is 2. The summed E-state index contributed by atoms with van der Waals surface area (Å²) in [5.74, 6) is 0.997. The first kappa shape index (κ1) is 15.0. The van der Waals surface area contributed by atoms with Crippen LogP contribution in [0.25, 0.3) is 11.5 Å². The highest BCUT2D eigenvalue weighted by atomic mass is 79.9. The van der Waals surface area contributed by atoms with Gasteiger partial charge >= 0.3 is 0 Å². The fourth-order valence-electron chi connectivity index (χ4n) is 2.17. The molecule has 108 valence electrons. The zero-order valence-corrected chi connectivity index (χ0v) is 13.4. The van der Waals surface area contributed by atoms with Crippen molar-refractivity contribution in [1.82, 2.24) is 10.1 Å². The van der Waals surface area contributed by atoms with Crippen molar-refractivity contribution in [2.45, 2.75) is 32.3 Å². The lowest BCUT2D eigenvalue weighted by Crippen LogP contribution is -2.28. The predicted molar refractivity (Wildman–Crippen MR) is 81.1 cm³/mol. The molecule has 1 aromatic heterocycles. The Morgan fingerprint density at radius 3 is 2.65 bits per heavy atom. The highest BCUT2D eigenvalue weighted by molar-refractivity contribution is 9.10. The molecule has 20 heavy (non-hydrogen) atoms. The molecule has 0 amide bonds. The number of anilines is 1. The van der Waals surface area contributed by atoms with E-state index in [2.05, 4.69) is 26.1 Å². The van der Waals surface area contributed by atoms with E-state index in [0.29, 0.717) is 17.4 Å². The van der Waals surface area contributed by atoms with E-state index in [-0.39, 0.29) is 0 Å². The molecule has 0 radical (unpaired) electrons. The van der Waals surface area contributed by atoms with E-state index in [1.807, 2.05) is 26.0 Å². The van der Waals surface area contributed by atoms with Crippen molar-refractivity contribution in [3.05, 3.63) is 28.5 Å². The minimum absolute atomic E-state index is 0.433. The number of hydrogen-bond donors (Lipinski definition) is 1. The molecule has 0 atom stereocenters. The number of rotatable bonds is 5. The van der Waals surface area contributed by atoms with Gasteiger partial charge in [0.1, 0.15) is 5.60 Å². The molecule has 0 spiro atoms. The average molecular weight is 340 g/mol. The van der Waals surface area contributed by atoms with E-state index in [0.717, 1.165) is 22.9 Å². The van der Waals surface area contributed by atoms with Crippen LogP contribution in [0.15, 0.2) is 27.2 Å². The third kappa shape index (κ3) is 2.58. The maximum atomic E-state index is 5.80. The van der Waals surface area contributed by atoms with Gasteiger partial charge in [0.05, 0.1) is 5.56 Å². The number of benzene rings is 1. The summed E-state index contributed by atoms with van der Waals surface area (Å²) in [6, 6.07) is 5.47. The molecule has 1 aromatic carbocycles. The minimum Gasteiger partial charge on any atom is -0.399 e. The van der Waals surface area contributed by atoms with Gasteiger partial charge in [0.25, 0.3) is 5.89 Å². The SMILES string of the molecule is CCC(CC)(OC)c1noc(-c2cc(N)ccc2Br)n1. The number of methoxy groups -OCH3 is 1. The Morgan fingerprint density at radius 2 is 2.05 bits per heavy atom. The van der Waals surface area contributed by atoms with Crippen LogP contribution in [-0.4, -0.2) is 17.3 Å². The number of ether oxygens (including phenoxy) is 1. The number of aromatic nitrogens is 2. The maximum absolute atomic E-state index is 5.80. The van der Waals surface area contributed by atoms with Crippen LogP contribution < -0.4 is 5.73 Å². The zero-order chi connectivity index (χ0) is 14.8. The highest BCUT2D eigenvalue weighted by Crippen LogP contribution is 2.34. The first-order chi connectivity index (χ1) is 9.56. The predicted octanol–water partition coefficient (Wildman–Crippen LogP) is 3.74. The van der Waals surface area contributed by atoms with Gasteiger partial charge in [-0.25, -0.2) is 0 Å². The van der Waals surface area contributed by atoms with Gasteiger partial charge in [-0.05, 0) is 47.0 Å². The van der Waals surface area contributed by atoms with Crippen molar-refractivity contribution >= 4 is 21.6 Å². The molecule has 1 heterocycles. The average Bonchev–Trinajstić information content (AvgIpc) is 2.94. The molecule has 2 N–H and O–H groups in total. The van der Waals surface area contributed by atoms with Gasteiger partial charge in [-0.15, -0.1) is 0 Å². The second-order valence-corrected chi connectivity index (χ2v) is 5.42. The van der Waals surface area contributed by atoms with E-state index < -0.39 is 5.60 Å². The summed E-state index contributed by atoms with van der Waals surface area (Å²) in [7, 11) is 1.67. The third-order valence-corrected chi connectivity index (χ3v) is 4.28. The molecule has 0 aliphatic carbocycles. The molecule has 5 nitrogen and oxygen atoms in total. The second-order valence-electron chi connectivity index (χ2n) is 4.57. The summed E-state index contributed by atoms with van der Waals surface area (Å²) in [6.07, 6.45) is 1.55. The summed E-state index contributed by atoms with van der Waals surface area (Å²) in [6.45, 7) is 4.08. The Bertz CT molecular complexity index is 586. The molecule has 0 saturated heterocycles. The molecule has 2 rings (SSSR count). The third-order valence-electron chi connectivity index (χ3n) is 3.59. The van der Waals surface area contributed by atoms with Gasteiger partial charge in [0.15, 0.2) is 0 Å². The molecule has 2 aromatic rings. The van der Waals surface area contributed by atoms with Gasteiger partial charge in [-0.1, -0.05) is 19.0 Å². The normalized spacial score (nSPS) is 11.8. The largest absolute Gasteiger partial charge is 0.399 e. The monoisotopic (exact) mass is 339 g/mol. The molecule has 0 bridgehead atoms. The first-order valence-corrected chi connectivity index (χ1v) is 7.30. The molecule has 0 aliphatic heterocycles. The summed E-state index contributed by atoms with van der Waals surface area (Å²) in [5.41, 5.74) is 6.72. The van der Waals surface area contributed by atoms with E-state index in [9.17, 15) is 0 Å². The van der Waals surface area contributed by atoms with Crippen molar-refractivity contribution in [3.63, 3.8) is 0 Å². The quantitative estimate of drug-likeness (QED) is 0.839. The van der Waals surface area contributed by atoms with Crippen molar-refractivity contribution in [2.24, 2.45) is 0 Å². The van der Waals surface area contributed by atoms with Crippen molar-refractivity contribution in [1.29, 1.82) is 0 Å². The molecule has 6 heteroatoms. The molecular weight excluding hydrogens is 322 g/mol.